The summed E-state index contributed by atoms with van der Waals surface area (Å²) >= 11 is 0. The van der Waals surface area contributed by atoms with Crippen molar-refractivity contribution in [3.05, 3.63) is 60.3 Å². The smallest absolute Gasteiger partial charge is 0.329 e. The van der Waals surface area contributed by atoms with E-state index in [1.54, 1.807) is 41.6 Å². The van der Waals surface area contributed by atoms with Crippen LogP contribution >= 0.6 is 0 Å². The zero-order valence-electron chi connectivity index (χ0n) is 15.8. The number of urea groups is 1. The normalized spacial score (nSPS) is 17.2. The van der Waals surface area contributed by atoms with Gasteiger partial charge < -0.3 is 4.90 Å². The van der Waals surface area contributed by atoms with Crippen molar-refractivity contribution in [2.24, 2.45) is 0 Å². The number of pyridine rings is 3. The van der Waals surface area contributed by atoms with E-state index in [1.165, 1.54) is 6.07 Å². The highest BCUT2D eigenvalue weighted by Gasteiger charge is 2.41. The molecular formula is C21H19FN6O. The van der Waals surface area contributed by atoms with Crippen molar-refractivity contribution in [2.45, 2.75) is 19.4 Å². The second-order valence-electron chi connectivity index (χ2n) is 7.25. The van der Waals surface area contributed by atoms with Crippen LogP contribution in [0, 0.1) is 12.7 Å². The summed E-state index contributed by atoms with van der Waals surface area (Å²) in [6, 6.07) is 10.1. The lowest BCUT2D eigenvalue weighted by Crippen LogP contribution is -2.48. The van der Waals surface area contributed by atoms with Gasteiger partial charge in [0.1, 0.15) is 11.5 Å². The van der Waals surface area contributed by atoms with Crippen LogP contribution in [-0.2, 0) is 0 Å². The number of carbonyl (C=O) groups excluding carboxylic acids is 1. The summed E-state index contributed by atoms with van der Waals surface area (Å²) in [6.07, 6.45) is 4.02. The first-order valence-corrected chi connectivity index (χ1v) is 9.50. The van der Waals surface area contributed by atoms with Gasteiger partial charge in [0.2, 0.25) is 0 Å². The molecule has 7 nitrogen and oxygen atoms in total. The number of hydrogen-bond donors (Lipinski definition) is 1. The summed E-state index contributed by atoms with van der Waals surface area (Å²) in [7, 11) is 0. The maximum absolute atomic E-state index is 14.9. The highest BCUT2D eigenvalue weighted by Crippen LogP contribution is 2.41. The third-order valence-electron chi connectivity index (χ3n) is 5.34. The fourth-order valence-electron chi connectivity index (χ4n) is 3.90. The number of nitrogens with one attached hydrogen (secondary N) is 1. The maximum Gasteiger partial charge on any atom is 0.329 e. The van der Waals surface area contributed by atoms with Crippen LogP contribution < -0.4 is 15.1 Å². The fraction of sp³-hybridized carbons (Fsp3) is 0.238. The van der Waals surface area contributed by atoms with Gasteiger partial charge >= 0.3 is 6.03 Å². The van der Waals surface area contributed by atoms with Crippen molar-refractivity contribution in [1.29, 1.82) is 0 Å². The van der Waals surface area contributed by atoms with Gasteiger partial charge in [0, 0.05) is 42.8 Å². The molecule has 0 aromatic carbocycles. The number of hydrogen-bond acceptors (Lipinski definition) is 5. The molecule has 2 aliphatic rings. The van der Waals surface area contributed by atoms with Gasteiger partial charge in [-0.05, 0) is 37.6 Å². The lowest BCUT2D eigenvalue weighted by molar-refractivity contribution is 0.254. The largest absolute Gasteiger partial charge is 0.366 e. The molecule has 1 unspecified atom stereocenters. The summed E-state index contributed by atoms with van der Waals surface area (Å²) in [4.78, 5) is 29.8. The average Bonchev–Trinajstić information content (AvgIpc) is 3.14. The van der Waals surface area contributed by atoms with Gasteiger partial charge in [-0.2, -0.15) is 0 Å². The van der Waals surface area contributed by atoms with Crippen LogP contribution in [-0.4, -0.2) is 40.1 Å². The van der Waals surface area contributed by atoms with Gasteiger partial charge in [-0.15, -0.1) is 0 Å². The van der Waals surface area contributed by atoms with Gasteiger partial charge in [0.15, 0.2) is 11.6 Å². The van der Waals surface area contributed by atoms with E-state index in [0.717, 1.165) is 18.7 Å². The lowest BCUT2D eigenvalue weighted by atomic mass is 10.1. The molecule has 3 aromatic heterocycles. The van der Waals surface area contributed by atoms with Crippen LogP contribution in [0.5, 0.6) is 0 Å². The zero-order valence-corrected chi connectivity index (χ0v) is 15.8. The molecule has 2 bridgehead atoms. The van der Waals surface area contributed by atoms with Crippen LogP contribution in [0.4, 0.5) is 26.5 Å². The van der Waals surface area contributed by atoms with E-state index < -0.39 is 5.82 Å². The molecule has 8 heteroatoms. The van der Waals surface area contributed by atoms with E-state index in [2.05, 4.69) is 25.2 Å². The molecule has 1 atom stereocenters. The summed E-state index contributed by atoms with van der Waals surface area (Å²) in [5.74, 6) is 0.499. The molecule has 1 fully saturated rings. The summed E-state index contributed by atoms with van der Waals surface area (Å²) in [5.41, 5.74) is 2.24. The minimum absolute atomic E-state index is 0.0202. The van der Waals surface area contributed by atoms with Crippen LogP contribution in [0.1, 0.15) is 12.1 Å². The van der Waals surface area contributed by atoms with E-state index in [0.29, 0.717) is 29.4 Å². The molecule has 5 rings (SSSR count). The quantitative estimate of drug-likeness (QED) is 0.724. The molecule has 0 saturated carbocycles. The van der Waals surface area contributed by atoms with Crippen molar-refractivity contribution < 1.29 is 9.18 Å². The highest BCUT2D eigenvalue weighted by molar-refractivity contribution is 6.04. The molecular weight excluding hydrogens is 371 g/mol. The van der Waals surface area contributed by atoms with Crippen LogP contribution in [0.2, 0.25) is 0 Å². The Labute approximate surface area is 167 Å². The van der Waals surface area contributed by atoms with E-state index in [4.69, 9.17) is 0 Å². The molecule has 1 saturated heterocycles. The Hall–Kier alpha value is -3.55. The van der Waals surface area contributed by atoms with Crippen molar-refractivity contribution in [3.63, 3.8) is 0 Å². The number of aryl methyl sites for hydroxylation is 1. The second-order valence-corrected chi connectivity index (χ2v) is 7.25. The Kier molecular flexibility index (Phi) is 4.12. The van der Waals surface area contributed by atoms with Crippen LogP contribution in [0.15, 0.2) is 48.8 Å². The number of anilines is 3. The van der Waals surface area contributed by atoms with E-state index in [1.807, 2.05) is 13.0 Å². The molecule has 2 aliphatic heterocycles. The summed E-state index contributed by atoms with van der Waals surface area (Å²) < 4.78 is 14.9. The maximum atomic E-state index is 14.9. The standard InChI is InChI=1S/C21H19FN6O/c1-13-5-6-14(11-24-13)19-16(22)10-17-20(26-19)28(15-7-9-27(17)12-15)21(29)25-18-4-2-3-8-23-18/h2-6,8,10-11,15H,7,9,12H2,1H3,(H,23,25,29). The molecule has 146 valence electrons. The van der Waals surface area contributed by atoms with E-state index in [-0.39, 0.29) is 17.8 Å². The number of fused-ring (bicyclic) bond motifs is 4. The number of carbonyl (C=O) groups is 1. The van der Waals surface area contributed by atoms with Crippen LogP contribution in [0.25, 0.3) is 11.3 Å². The summed E-state index contributed by atoms with van der Waals surface area (Å²) in [5, 5.41) is 2.83. The summed E-state index contributed by atoms with van der Waals surface area (Å²) in [6.45, 7) is 3.29. The van der Waals surface area contributed by atoms with Gasteiger partial charge in [-0.25, -0.2) is 19.2 Å². The number of amides is 2. The topological polar surface area (TPSA) is 74.2 Å². The average molecular weight is 390 g/mol. The number of nitrogens with zero attached hydrogens (tertiary/aromatic N) is 5. The Balaban J connectivity index is 1.57. The fourth-order valence-corrected chi connectivity index (χ4v) is 3.90. The minimum Gasteiger partial charge on any atom is -0.366 e. The molecule has 0 radical (unpaired) electrons. The Morgan fingerprint density at radius 1 is 1.24 bits per heavy atom. The third kappa shape index (κ3) is 3.06. The Morgan fingerprint density at radius 2 is 2.14 bits per heavy atom. The molecule has 5 heterocycles. The van der Waals surface area contributed by atoms with Crippen LogP contribution in [0.3, 0.4) is 0 Å². The van der Waals surface area contributed by atoms with Gasteiger partial charge in [-0.3, -0.25) is 15.2 Å². The third-order valence-corrected chi connectivity index (χ3v) is 5.34. The van der Waals surface area contributed by atoms with Gasteiger partial charge in [0.05, 0.1) is 11.7 Å². The number of rotatable bonds is 2. The Bertz CT molecular complexity index is 1070. The monoisotopic (exact) mass is 390 g/mol. The van der Waals surface area contributed by atoms with Gasteiger partial charge in [-0.1, -0.05) is 6.07 Å². The lowest BCUT2D eigenvalue weighted by Gasteiger charge is -2.35. The molecule has 29 heavy (non-hydrogen) atoms. The van der Waals surface area contributed by atoms with E-state index >= 15 is 0 Å². The van der Waals surface area contributed by atoms with Gasteiger partial charge in [0.25, 0.3) is 0 Å². The first kappa shape index (κ1) is 17.5. The predicted molar refractivity (Wildman–Crippen MR) is 109 cm³/mol. The van der Waals surface area contributed by atoms with E-state index in [9.17, 15) is 9.18 Å². The molecule has 3 aromatic rings. The molecule has 1 N–H and O–H groups in total. The van der Waals surface area contributed by atoms with Crippen molar-refractivity contribution >= 4 is 23.4 Å². The van der Waals surface area contributed by atoms with Crippen molar-refractivity contribution in [2.75, 3.05) is 28.2 Å². The highest BCUT2D eigenvalue weighted by atomic mass is 19.1. The molecule has 0 spiro atoms. The Morgan fingerprint density at radius 3 is 2.90 bits per heavy atom. The first-order valence-electron chi connectivity index (χ1n) is 9.50. The first-order chi connectivity index (χ1) is 14.1. The zero-order chi connectivity index (χ0) is 20.0. The molecule has 0 aliphatic carbocycles. The minimum atomic E-state index is -0.426. The number of aromatic nitrogens is 3. The molecule has 2 amide bonds. The number of halogens is 1. The van der Waals surface area contributed by atoms with Crippen molar-refractivity contribution in [1.82, 2.24) is 15.0 Å². The second kappa shape index (κ2) is 6.80. The predicted octanol–water partition coefficient (Wildman–Crippen LogP) is 3.62. The van der Waals surface area contributed by atoms with Crippen molar-refractivity contribution in [3.8, 4) is 11.3 Å². The SMILES string of the molecule is Cc1ccc(-c2nc3c(cc2F)N2CCC(C2)N3C(=O)Nc2ccccn2)cn1.